The lowest BCUT2D eigenvalue weighted by Gasteiger charge is -2.14. The number of aliphatic carboxylic acids is 1. The van der Waals surface area contributed by atoms with Crippen LogP contribution in [0.5, 0.6) is 0 Å². The van der Waals surface area contributed by atoms with Crippen LogP contribution < -0.4 is 5.32 Å². The molecule has 102 valence electrons. The smallest absolute Gasteiger partial charge is 0.323 e. The van der Waals surface area contributed by atoms with Gasteiger partial charge in [-0.15, -0.1) is 0 Å². The predicted molar refractivity (Wildman–Crippen MR) is 69.1 cm³/mol. The summed E-state index contributed by atoms with van der Waals surface area (Å²) in [6.07, 6.45) is 0. The first-order chi connectivity index (χ1) is 8.90. The number of hydrogen-bond donors (Lipinski definition) is 2. The topological polar surface area (TPSA) is 86.7 Å². The second-order valence-electron chi connectivity index (χ2n) is 3.84. The second kappa shape index (κ2) is 6.75. The van der Waals surface area contributed by atoms with Gasteiger partial charge in [-0.25, -0.2) is 0 Å². The number of amides is 2. The van der Waals surface area contributed by atoms with Crippen molar-refractivity contribution in [2.45, 2.75) is 0 Å². The van der Waals surface area contributed by atoms with E-state index in [4.69, 9.17) is 16.7 Å². The number of likely N-dealkylation sites (N-methyl/N-ethyl adjacent to an activating group) is 1. The van der Waals surface area contributed by atoms with Crippen molar-refractivity contribution in [3.05, 3.63) is 34.9 Å². The summed E-state index contributed by atoms with van der Waals surface area (Å²) in [5, 5.41) is 11.3. The molecule has 0 aliphatic rings. The average molecular weight is 285 g/mol. The molecule has 2 N–H and O–H groups in total. The van der Waals surface area contributed by atoms with Gasteiger partial charge in [0.15, 0.2) is 0 Å². The average Bonchev–Trinajstić information content (AvgIpc) is 2.34. The molecule has 0 heterocycles. The molecule has 0 atom stereocenters. The fourth-order valence-corrected chi connectivity index (χ4v) is 1.50. The highest BCUT2D eigenvalue weighted by Gasteiger charge is 2.13. The van der Waals surface area contributed by atoms with Gasteiger partial charge in [0.2, 0.25) is 5.91 Å². The van der Waals surface area contributed by atoms with Gasteiger partial charge in [0.1, 0.15) is 6.54 Å². The monoisotopic (exact) mass is 284 g/mol. The Morgan fingerprint density at radius 1 is 1.37 bits per heavy atom. The molecule has 0 aromatic heterocycles. The molecule has 0 aliphatic heterocycles. The van der Waals surface area contributed by atoms with Crippen LogP contribution in [0.15, 0.2) is 24.3 Å². The minimum absolute atomic E-state index is 0.269. The highest BCUT2D eigenvalue weighted by atomic mass is 35.5. The van der Waals surface area contributed by atoms with Crippen LogP contribution in [0.1, 0.15) is 10.4 Å². The number of carboxylic acid groups (broad SMARTS) is 1. The number of rotatable bonds is 5. The van der Waals surface area contributed by atoms with E-state index in [0.717, 1.165) is 4.90 Å². The maximum atomic E-state index is 11.7. The van der Waals surface area contributed by atoms with Crippen LogP contribution in [-0.2, 0) is 9.59 Å². The van der Waals surface area contributed by atoms with Gasteiger partial charge < -0.3 is 15.3 Å². The maximum Gasteiger partial charge on any atom is 0.323 e. The normalized spacial score (nSPS) is 9.79. The Morgan fingerprint density at radius 2 is 2.05 bits per heavy atom. The van der Waals surface area contributed by atoms with Gasteiger partial charge in [0.05, 0.1) is 6.54 Å². The molecule has 0 saturated carbocycles. The van der Waals surface area contributed by atoms with Crippen molar-refractivity contribution in [3.8, 4) is 0 Å². The third kappa shape index (κ3) is 4.97. The van der Waals surface area contributed by atoms with E-state index in [-0.39, 0.29) is 6.54 Å². The van der Waals surface area contributed by atoms with Gasteiger partial charge in [0.25, 0.3) is 5.91 Å². The van der Waals surface area contributed by atoms with Crippen LogP contribution in [-0.4, -0.2) is 47.9 Å². The SMILES string of the molecule is CN(CC(=O)O)C(=O)CNC(=O)c1cccc(Cl)c1. The molecule has 0 aliphatic carbocycles. The van der Waals surface area contributed by atoms with Crippen LogP contribution in [0, 0.1) is 0 Å². The first-order valence-electron chi connectivity index (χ1n) is 5.39. The molecule has 7 heteroatoms. The van der Waals surface area contributed by atoms with E-state index in [1.807, 2.05) is 0 Å². The molecule has 2 amide bonds. The summed E-state index contributed by atoms with van der Waals surface area (Å²) >= 11 is 5.74. The zero-order chi connectivity index (χ0) is 14.4. The minimum atomic E-state index is -1.11. The lowest BCUT2D eigenvalue weighted by Crippen LogP contribution is -2.40. The lowest BCUT2D eigenvalue weighted by atomic mass is 10.2. The Hall–Kier alpha value is -2.08. The summed E-state index contributed by atoms with van der Waals surface area (Å²) in [6, 6.07) is 6.29. The van der Waals surface area contributed by atoms with E-state index in [2.05, 4.69) is 5.32 Å². The van der Waals surface area contributed by atoms with E-state index in [1.54, 1.807) is 18.2 Å². The number of nitrogens with zero attached hydrogens (tertiary/aromatic N) is 1. The number of carboxylic acids is 1. The Kier molecular flexibility index (Phi) is 5.32. The van der Waals surface area contributed by atoms with Crippen molar-refractivity contribution in [1.82, 2.24) is 10.2 Å². The minimum Gasteiger partial charge on any atom is -0.480 e. The molecule has 0 saturated heterocycles. The third-order valence-electron chi connectivity index (χ3n) is 2.29. The van der Waals surface area contributed by atoms with Crippen LogP contribution in [0.25, 0.3) is 0 Å². The molecule has 0 radical (unpaired) electrons. The molecule has 6 nitrogen and oxygen atoms in total. The number of carbonyl (C=O) groups excluding carboxylic acids is 2. The Morgan fingerprint density at radius 3 is 2.63 bits per heavy atom. The summed E-state index contributed by atoms with van der Waals surface area (Å²) < 4.78 is 0. The Labute approximate surface area is 115 Å². The largest absolute Gasteiger partial charge is 0.480 e. The fraction of sp³-hybridized carbons (Fsp3) is 0.250. The quantitative estimate of drug-likeness (QED) is 0.829. The van der Waals surface area contributed by atoms with Gasteiger partial charge in [-0.05, 0) is 18.2 Å². The molecule has 0 spiro atoms. The molecule has 0 unspecified atom stereocenters. The van der Waals surface area contributed by atoms with E-state index in [1.165, 1.54) is 13.1 Å². The predicted octanol–water partition coefficient (Wildman–Crippen LogP) is 0.613. The summed E-state index contributed by atoms with van der Waals surface area (Å²) in [5.41, 5.74) is 0.334. The number of benzene rings is 1. The van der Waals surface area contributed by atoms with Gasteiger partial charge >= 0.3 is 5.97 Å². The summed E-state index contributed by atoms with van der Waals surface area (Å²) in [6.45, 7) is -0.680. The summed E-state index contributed by atoms with van der Waals surface area (Å²) in [5.74, 6) is -2.05. The first kappa shape index (κ1) is 15.0. The van der Waals surface area contributed by atoms with Crippen LogP contribution in [0.2, 0.25) is 5.02 Å². The highest BCUT2D eigenvalue weighted by Crippen LogP contribution is 2.10. The number of halogens is 1. The van der Waals surface area contributed by atoms with E-state index < -0.39 is 24.3 Å². The van der Waals surface area contributed by atoms with Crippen molar-refractivity contribution in [3.63, 3.8) is 0 Å². The van der Waals surface area contributed by atoms with E-state index in [9.17, 15) is 14.4 Å². The van der Waals surface area contributed by atoms with Crippen LogP contribution in [0.3, 0.4) is 0 Å². The zero-order valence-corrected chi connectivity index (χ0v) is 11.0. The van der Waals surface area contributed by atoms with Gasteiger partial charge in [-0.3, -0.25) is 14.4 Å². The molecule has 1 rings (SSSR count). The Bertz CT molecular complexity index is 504. The molecule has 1 aromatic carbocycles. The second-order valence-corrected chi connectivity index (χ2v) is 4.27. The van der Waals surface area contributed by atoms with Gasteiger partial charge in [-0.2, -0.15) is 0 Å². The van der Waals surface area contributed by atoms with Crippen molar-refractivity contribution in [2.24, 2.45) is 0 Å². The molecule has 0 fully saturated rings. The number of hydrogen-bond acceptors (Lipinski definition) is 3. The van der Waals surface area contributed by atoms with Crippen molar-refractivity contribution in [1.29, 1.82) is 0 Å². The standard InChI is InChI=1S/C12H13ClN2O4/c1-15(7-11(17)18)10(16)6-14-12(19)8-3-2-4-9(13)5-8/h2-5H,6-7H2,1H3,(H,14,19)(H,17,18). The zero-order valence-electron chi connectivity index (χ0n) is 10.2. The number of carbonyl (C=O) groups is 3. The number of nitrogens with one attached hydrogen (secondary N) is 1. The summed E-state index contributed by atoms with van der Waals surface area (Å²) in [4.78, 5) is 34.6. The first-order valence-corrected chi connectivity index (χ1v) is 5.77. The molecular weight excluding hydrogens is 272 g/mol. The van der Waals surface area contributed by atoms with Crippen molar-refractivity contribution >= 4 is 29.4 Å². The van der Waals surface area contributed by atoms with Crippen molar-refractivity contribution < 1.29 is 19.5 Å². The summed E-state index contributed by atoms with van der Waals surface area (Å²) in [7, 11) is 1.35. The fourth-order valence-electron chi connectivity index (χ4n) is 1.31. The van der Waals surface area contributed by atoms with Gasteiger partial charge in [0, 0.05) is 17.6 Å². The molecule has 19 heavy (non-hydrogen) atoms. The van der Waals surface area contributed by atoms with E-state index >= 15 is 0 Å². The third-order valence-corrected chi connectivity index (χ3v) is 2.52. The molecule has 1 aromatic rings. The molecule has 0 bridgehead atoms. The van der Waals surface area contributed by atoms with Crippen LogP contribution >= 0.6 is 11.6 Å². The van der Waals surface area contributed by atoms with E-state index in [0.29, 0.717) is 10.6 Å². The Balaban J connectivity index is 2.50. The van der Waals surface area contributed by atoms with Crippen molar-refractivity contribution in [2.75, 3.05) is 20.1 Å². The maximum absolute atomic E-state index is 11.7. The van der Waals surface area contributed by atoms with Crippen LogP contribution in [0.4, 0.5) is 0 Å². The molecular formula is C12H13ClN2O4. The van der Waals surface area contributed by atoms with Gasteiger partial charge in [-0.1, -0.05) is 17.7 Å². The lowest BCUT2D eigenvalue weighted by molar-refractivity contribution is -0.143. The highest BCUT2D eigenvalue weighted by molar-refractivity contribution is 6.30.